The number of aromatic nitrogens is 1. The lowest BCUT2D eigenvalue weighted by atomic mass is 10.3. The summed E-state index contributed by atoms with van der Waals surface area (Å²) in [5.74, 6) is 0.393. The highest BCUT2D eigenvalue weighted by Gasteiger charge is 2.07. The lowest BCUT2D eigenvalue weighted by Crippen LogP contribution is -2.11. The van der Waals surface area contributed by atoms with Gasteiger partial charge in [-0.3, -0.25) is 0 Å². The fourth-order valence-corrected chi connectivity index (χ4v) is 1.41. The third-order valence-corrected chi connectivity index (χ3v) is 2.46. The smallest absolute Gasteiger partial charge is 0.232 e. The summed E-state index contributed by atoms with van der Waals surface area (Å²) < 4.78 is 15.5. The average Bonchev–Trinajstić information content (AvgIpc) is 2.35. The fourth-order valence-electron chi connectivity index (χ4n) is 1.16. The highest BCUT2D eigenvalue weighted by atomic mass is 35.5. The molecule has 0 aliphatic carbocycles. The number of hydrogen-bond acceptors (Lipinski definition) is 5. The molecule has 17 heavy (non-hydrogen) atoms. The van der Waals surface area contributed by atoms with Crippen molar-refractivity contribution in [2.24, 2.45) is 5.73 Å². The number of rotatable bonds is 8. The zero-order valence-electron chi connectivity index (χ0n) is 9.82. The van der Waals surface area contributed by atoms with Gasteiger partial charge in [-0.1, -0.05) is 11.6 Å². The Bertz CT molecular complexity index is 336. The minimum absolute atomic E-state index is 0.363. The van der Waals surface area contributed by atoms with Crippen LogP contribution in [0, 0.1) is 0 Å². The Hall–Kier alpha value is -0.880. The molecule has 0 atom stereocenters. The van der Waals surface area contributed by atoms with Crippen LogP contribution < -0.4 is 10.5 Å². The van der Waals surface area contributed by atoms with Crippen molar-refractivity contribution in [3.63, 3.8) is 0 Å². The minimum atomic E-state index is 0.363. The van der Waals surface area contributed by atoms with Gasteiger partial charge in [0.2, 0.25) is 5.88 Å². The maximum Gasteiger partial charge on any atom is 0.232 e. The molecule has 0 radical (unpaired) electrons. The highest BCUT2D eigenvalue weighted by Crippen LogP contribution is 2.24. The third kappa shape index (κ3) is 4.87. The van der Waals surface area contributed by atoms with E-state index < -0.39 is 0 Å². The largest absolute Gasteiger partial charge is 0.474 e. The first-order valence-corrected chi connectivity index (χ1v) is 5.70. The van der Waals surface area contributed by atoms with Crippen LogP contribution in [0.2, 0.25) is 5.02 Å². The van der Waals surface area contributed by atoms with Crippen LogP contribution in [0.15, 0.2) is 12.3 Å². The first-order valence-electron chi connectivity index (χ1n) is 5.32. The summed E-state index contributed by atoms with van der Waals surface area (Å²) in [6, 6.07) is 1.77. The molecule has 0 aromatic carbocycles. The molecule has 0 unspecified atom stereocenters. The van der Waals surface area contributed by atoms with Gasteiger partial charge in [-0.2, -0.15) is 0 Å². The lowest BCUT2D eigenvalue weighted by Gasteiger charge is -2.09. The van der Waals surface area contributed by atoms with Gasteiger partial charge in [0.25, 0.3) is 0 Å². The number of nitrogens with two attached hydrogens (primary N) is 1. The van der Waals surface area contributed by atoms with Crippen LogP contribution in [0.25, 0.3) is 0 Å². The zero-order valence-corrected chi connectivity index (χ0v) is 10.6. The topological polar surface area (TPSA) is 66.6 Å². The van der Waals surface area contributed by atoms with Gasteiger partial charge in [-0.15, -0.1) is 0 Å². The van der Waals surface area contributed by atoms with Crippen molar-refractivity contribution < 1.29 is 14.2 Å². The predicted octanol–water partition coefficient (Wildman–Crippen LogP) is 1.24. The van der Waals surface area contributed by atoms with Crippen LogP contribution in [0.1, 0.15) is 5.56 Å². The fraction of sp³-hybridized carbons (Fsp3) is 0.545. The van der Waals surface area contributed by atoms with Crippen LogP contribution >= 0.6 is 11.6 Å². The number of hydrogen-bond donors (Lipinski definition) is 1. The maximum atomic E-state index is 6.04. The molecule has 0 spiro atoms. The van der Waals surface area contributed by atoms with E-state index in [0.717, 1.165) is 5.56 Å². The van der Waals surface area contributed by atoms with Crippen molar-refractivity contribution in [1.29, 1.82) is 0 Å². The Kier molecular flexibility index (Phi) is 6.88. The van der Waals surface area contributed by atoms with Gasteiger partial charge < -0.3 is 19.9 Å². The van der Waals surface area contributed by atoms with Crippen LogP contribution in [-0.2, 0) is 16.0 Å². The predicted molar refractivity (Wildman–Crippen MR) is 65.3 cm³/mol. The van der Waals surface area contributed by atoms with Crippen LogP contribution in [0.4, 0.5) is 0 Å². The standard InChI is InChI=1S/C11H17ClN2O3/c1-15-4-5-16-6-7-17-11-10(12)9(8-13)2-3-14-11/h2-3H,4-8,13H2,1H3. The van der Waals surface area contributed by atoms with E-state index >= 15 is 0 Å². The summed E-state index contributed by atoms with van der Waals surface area (Å²) >= 11 is 6.04. The van der Waals surface area contributed by atoms with Gasteiger partial charge in [-0.25, -0.2) is 4.98 Å². The van der Waals surface area contributed by atoms with E-state index in [-0.39, 0.29) is 0 Å². The van der Waals surface area contributed by atoms with Crippen LogP contribution in [-0.4, -0.2) is 38.5 Å². The molecule has 0 saturated heterocycles. The molecule has 1 heterocycles. The number of methoxy groups -OCH3 is 1. The first-order chi connectivity index (χ1) is 8.29. The molecule has 0 fully saturated rings. The third-order valence-electron chi connectivity index (χ3n) is 2.06. The normalized spacial score (nSPS) is 10.5. The number of ether oxygens (including phenoxy) is 3. The van der Waals surface area contributed by atoms with Gasteiger partial charge in [-0.05, 0) is 11.6 Å². The molecule has 0 bridgehead atoms. The Morgan fingerprint density at radius 3 is 2.76 bits per heavy atom. The number of pyridine rings is 1. The SMILES string of the molecule is COCCOCCOc1nccc(CN)c1Cl. The van der Waals surface area contributed by atoms with Crippen molar-refractivity contribution in [2.75, 3.05) is 33.5 Å². The Labute approximate surface area is 106 Å². The summed E-state index contributed by atoms with van der Waals surface area (Å²) in [4.78, 5) is 4.03. The molecule has 96 valence electrons. The zero-order chi connectivity index (χ0) is 12.5. The van der Waals surface area contributed by atoms with Crippen LogP contribution in [0.3, 0.4) is 0 Å². The Morgan fingerprint density at radius 2 is 2.06 bits per heavy atom. The molecule has 1 rings (SSSR count). The van der Waals surface area contributed by atoms with Gasteiger partial charge in [0.1, 0.15) is 11.6 Å². The summed E-state index contributed by atoms with van der Waals surface area (Å²) in [6.45, 7) is 2.34. The van der Waals surface area contributed by atoms with Crippen molar-refractivity contribution in [3.8, 4) is 5.88 Å². The van der Waals surface area contributed by atoms with E-state index in [1.807, 2.05) is 0 Å². The average molecular weight is 261 g/mol. The molecule has 0 aliphatic rings. The second kappa shape index (κ2) is 8.25. The van der Waals surface area contributed by atoms with Gasteiger partial charge in [0.15, 0.2) is 0 Å². The molecule has 6 heteroatoms. The quantitative estimate of drug-likeness (QED) is 0.713. The minimum Gasteiger partial charge on any atom is -0.474 e. The van der Waals surface area contributed by atoms with Gasteiger partial charge in [0.05, 0.1) is 19.8 Å². The second-order valence-electron chi connectivity index (χ2n) is 3.25. The first kappa shape index (κ1) is 14.2. The van der Waals surface area contributed by atoms with E-state index in [9.17, 15) is 0 Å². The lowest BCUT2D eigenvalue weighted by molar-refractivity contribution is 0.0537. The molecule has 5 nitrogen and oxygen atoms in total. The van der Waals surface area contributed by atoms with Crippen molar-refractivity contribution in [1.82, 2.24) is 4.98 Å². The van der Waals surface area contributed by atoms with E-state index in [1.54, 1.807) is 19.4 Å². The molecular formula is C11H17ClN2O3. The summed E-state index contributed by atoms with van der Waals surface area (Å²) in [5, 5.41) is 0.465. The molecule has 1 aromatic heterocycles. The van der Waals surface area contributed by atoms with E-state index in [1.165, 1.54) is 0 Å². The summed E-state index contributed by atoms with van der Waals surface area (Å²) in [5.41, 5.74) is 6.34. The second-order valence-corrected chi connectivity index (χ2v) is 3.62. The van der Waals surface area contributed by atoms with E-state index in [4.69, 9.17) is 31.5 Å². The molecular weight excluding hydrogens is 244 g/mol. The van der Waals surface area contributed by atoms with Crippen molar-refractivity contribution >= 4 is 11.6 Å². The van der Waals surface area contributed by atoms with E-state index in [2.05, 4.69) is 4.98 Å². The van der Waals surface area contributed by atoms with Crippen molar-refractivity contribution in [2.45, 2.75) is 6.54 Å². The molecule has 0 saturated carbocycles. The Balaban J connectivity index is 2.31. The molecule has 0 amide bonds. The molecule has 2 N–H and O–H groups in total. The van der Waals surface area contributed by atoms with Crippen LogP contribution in [0.5, 0.6) is 5.88 Å². The van der Waals surface area contributed by atoms with E-state index in [0.29, 0.717) is 43.9 Å². The molecule has 0 aliphatic heterocycles. The van der Waals surface area contributed by atoms with Gasteiger partial charge in [0, 0.05) is 19.9 Å². The monoisotopic (exact) mass is 260 g/mol. The highest BCUT2D eigenvalue weighted by molar-refractivity contribution is 6.32. The Morgan fingerprint density at radius 1 is 1.29 bits per heavy atom. The number of halogens is 1. The maximum absolute atomic E-state index is 6.04. The van der Waals surface area contributed by atoms with Gasteiger partial charge >= 0.3 is 0 Å². The van der Waals surface area contributed by atoms with Crippen molar-refractivity contribution in [3.05, 3.63) is 22.8 Å². The summed E-state index contributed by atoms with van der Waals surface area (Å²) in [6.07, 6.45) is 1.62. The number of nitrogens with zero attached hydrogens (tertiary/aromatic N) is 1. The summed E-state index contributed by atoms with van der Waals surface area (Å²) in [7, 11) is 1.63. The molecule has 1 aromatic rings.